The monoisotopic (exact) mass is 477 g/mol. The van der Waals surface area contributed by atoms with Crippen LogP contribution in [-0.2, 0) is 20.9 Å². The van der Waals surface area contributed by atoms with Crippen LogP contribution in [0.4, 0.5) is 8.78 Å². The number of carbonyl (C=O) groups is 2. The first-order valence-electron chi connectivity index (χ1n) is 12.8. The summed E-state index contributed by atoms with van der Waals surface area (Å²) in [5, 5.41) is 0. The Morgan fingerprint density at radius 1 is 1.00 bits per heavy atom. The van der Waals surface area contributed by atoms with E-state index in [2.05, 4.69) is 9.80 Å². The fourth-order valence-corrected chi connectivity index (χ4v) is 5.82. The number of benzene rings is 1. The predicted molar refractivity (Wildman–Crippen MR) is 125 cm³/mol. The summed E-state index contributed by atoms with van der Waals surface area (Å²) in [4.78, 5) is 31.6. The van der Waals surface area contributed by atoms with Crippen LogP contribution in [0.3, 0.4) is 0 Å². The van der Waals surface area contributed by atoms with Crippen molar-refractivity contribution >= 4 is 11.9 Å². The Morgan fingerprint density at radius 2 is 1.74 bits per heavy atom. The third kappa shape index (κ3) is 6.13. The van der Waals surface area contributed by atoms with E-state index in [9.17, 15) is 18.4 Å². The number of nitrogens with zero attached hydrogens (tertiary/aromatic N) is 3. The average Bonchev–Trinajstić information content (AvgIpc) is 3.02. The molecule has 8 heteroatoms. The summed E-state index contributed by atoms with van der Waals surface area (Å²) in [6, 6.07) is 4.39. The predicted octanol–water partition coefficient (Wildman–Crippen LogP) is 3.59. The lowest BCUT2D eigenvalue weighted by molar-refractivity contribution is -0.150. The van der Waals surface area contributed by atoms with Crippen molar-refractivity contribution in [1.29, 1.82) is 0 Å². The van der Waals surface area contributed by atoms with Gasteiger partial charge in [-0.25, -0.2) is 8.78 Å². The highest BCUT2D eigenvalue weighted by Gasteiger charge is 2.34. The number of hydrogen-bond acceptors (Lipinski definition) is 5. The van der Waals surface area contributed by atoms with Gasteiger partial charge in [-0.1, -0.05) is 6.07 Å². The molecule has 3 heterocycles. The van der Waals surface area contributed by atoms with Gasteiger partial charge in [-0.15, -0.1) is 0 Å². The van der Waals surface area contributed by atoms with Crippen molar-refractivity contribution in [3.05, 3.63) is 35.4 Å². The Bertz CT molecular complexity index is 860. The molecular weight excluding hydrogens is 440 g/mol. The van der Waals surface area contributed by atoms with Crippen molar-refractivity contribution in [2.75, 3.05) is 39.3 Å². The second kappa shape index (κ2) is 11.6. The third-order valence-corrected chi connectivity index (χ3v) is 7.76. The topological polar surface area (TPSA) is 53.1 Å². The third-order valence-electron chi connectivity index (χ3n) is 7.76. The van der Waals surface area contributed by atoms with Gasteiger partial charge in [-0.05, 0) is 71.1 Å². The standard InChI is InChI=1S/C26H37F2N3O3/c1-2-34-26(33)20-4-3-12-30(18-20)23-9-13-29(14-10-23)22-7-8-25(32)31(15-11-22)17-19-5-6-21(27)16-24(19)28/h5-6,16,20,22-23H,2-4,7-15,17-18H2,1H3. The minimum absolute atomic E-state index is 0.00322. The molecule has 188 valence electrons. The van der Waals surface area contributed by atoms with E-state index < -0.39 is 11.6 Å². The van der Waals surface area contributed by atoms with Crippen LogP contribution in [0.25, 0.3) is 0 Å². The van der Waals surface area contributed by atoms with Gasteiger partial charge in [0.15, 0.2) is 0 Å². The summed E-state index contributed by atoms with van der Waals surface area (Å²) in [5.41, 5.74) is 0.358. The number of halogens is 2. The van der Waals surface area contributed by atoms with Gasteiger partial charge in [-0.2, -0.15) is 0 Å². The fourth-order valence-electron chi connectivity index (χ4n) is 5.82. The van der Waals surface area contributed by atoms with Gasteiger partial charge in [0.05, 0.1) is 12.5 Å². The Balaban J connectivity index is 1.27. The maximum atomic E-state index is 14.1. The molecule has 0 saturated carbocycles. The molecule has 0 aliphatic carbocycles. The average molecular weight is 478 g/mol. The van der Waals surface area contributed by atoms with E-state index in [-0.39, 0.29) is 24.3 Å². The van der Waals surface area contributed by atoms with E-state index >= 15 is 0 Å². The molecule has 34 heavy (non-hydrogen) atoms. The molecule has 0 N–H and O–H groups in total. The van der Waals surface area contributed by atoms with E-state index in [1.807, 2.05) is 6.92 Å². The molecule has 3 aliphatic rings. The van der Waals surface area contributed by atoms with Gasteiger partial charge in [0.1, 0.15) is 11.6 Å². The van der Waals surface area contributed by atoms with Gasteiger partial charge < -0.3 is 14.5 Å². The number of esters is 1. The second-order valence-corrected chi connectivity index (χ2v) is 9.89. The normalized spacial score (nSPS) is 25.9. The first-order chi connectivity index (χ1) is 16.4. The molecule has 0 spiro atoms. The van der Waals surface area contributed by atoms with Crippen LogP contribution in [0, 0.1) is 17.6 Å². The molecule has 1 aromatic rings. The minimum Gasteiger partial charge on any atom is -0.466 e. The zero-order valence-electron chi connectivity index (χ0n) is 20.2. The van der Waals surface area contributed by atoms with E-state index in [0.717, 1.165) is 70.8 Å². The highest BCUT2D eigenvalue weighted by atomic mass is 19.1. The van der Waals surface area contributed by atoms with Crippen LogP contribution in [0.15, 0.2) is 18.2 Å². The van der Waals surface area contributed by atoms with Crippen LogP contribution in [0.2, 0.25) is 0 Å². The molecule has 0 bridgehead atoms. The molecule has 1 aromatic carbocycles. The maximum absolute atomic E-state index is 14.1. The van der Waals surface area contributed by atoms with Crippen LogP contribution < -0.4 is 0 Å². The van der Waals surface area contributed by atoms with E-state index in [4.69, 9.17) is 4.74 Å². The van der Waals surface area contributed by atoms with Crippen LogP contribution in [-0.4, -0.2) is 78.0 Å². The largest absolute Gasteiger partial charge is 0.466 e. The fraction of sp³-hybridized carbons (Fsp3) is 0.692. The highest BCUT2D eigenvalue weighted by molar-refractivity contribution is 5.76. The summed E-state index contributed by atoms with van der Waals surface area (Å²) in [6.07, 6.45) is 6.26. The van der Waals surface area contributed by atoms with Crippen LogP contribution in [0.5, 0.6) is 0 Å². The zero-order chi connectivity index (χ0) is 24.1. The molecule has 1 amide bonds. The van der Waals surface area contributed by atoms with Crippen molar-refractivity contribution in [1.82, 2.24) is 14.7 Å². The lowest BCUT2D eigenvalue weighted by Gasteiger charge is -2.43. The Kier molecular flexibility index (Phi) is 8.53. The number of piperidine rings is 2. The number of rotatable bonds is 6. The van der Waals surface area contributed by atoms with E-state index in [1.54, 1.807) is 4.90 Å². The van der Waals surface area contributed by atoms with Crippen LogP contribution >= 0.6 is 0 Å². The summed E-state index contributed by atoms with van der Waals surface area (Å²) >= 11 is 0. The van der Waals surface area contributed by atoms with Crippen molar-refractivity contribution in [2.45, 2.75) is 70.5 Å². The molecule has 6 nitrogen and oxygen atoms in total. The van der Waals surface area contributed by atoms with E-state index in [1.165, 1.54) is 12.1 Å². The molecule has 2 atom stereocenters. The van der Waals surface area contributed by atoms with Gasteiger partial charge in [0.25, 0.3) is 0 Å². The van der Waals surface area contributed by atoms with Gasteiger partial charge >= 0.3 is 5.97 Å². The van der Waals surface area contributed by atoms with Crippen molar-refractivity contribution in [3.63, 3.8) is 0 Å². The minimum atomic E-state index is -0.604. The molecule has 2 unspecified atom stereocenters. The Hall–Kier alpha value is -2.06. The quantitative estimate of drug-likeness (QED) is 0.587. The number of amides is 1. The van der Waals surface area contributed by atoms with E-state index in [0.29, 0.717) is 37.2 Å². The number of likely N-dealkylation sites (tertiary alicyclic amines) is 3. The first kappa shape index (κ1) is 25.0. The molecule has 0 radical (unpaired) electrons. The summed E-state index contributed by atoms with van der Waals surface area (Å²) in [5.74, 6) is -1.22. The Morgan fingerprint density at radius 3 is 2.47 bits per heavy atom. The molecular formula is C26H37F2N3O3. The molecule has 4 rings (SSSR count). The summed E-state index contributed by atoms with van der Waals surface area (Å²) in [6.45, 7) is 6.92. The number of carbonyl (C=O) groups excluding carboxylic acids is 2. The Labute approximate surface area is 201 Å². The molecule has 0 aromatic heterocycles. The van der Waals surface area contributed by atoms with Crippen LogP contribution in [0.1, 0.15) is 57.4 Å². The molecule has 3 saturated heterocycles. The maximum Gasteiger partial charge on any atom is 0.310 e. The van der Waals surface area contributed by atoms with Gasteiger partial charge in [-0.3, -0.25) is 14.5 Å². The highest BCUT2D eigenvalue weighted by Crippen LogP contribution is 2.28. The second-order valence-electron chi connectivity index (χ2n) is 9.89. The van der Waals surface area contributed by atoms with Crippen molar-refractivity contribution < 1.29 is 23.1 Å². The SMILES string of the molecule is CCOC(=O)C1CCCN(C2CCN(C3CCC(=O)N(Cc4ccc(F)cc4F)CC3)CC2)C1. The summed E-state index contributed by atoms with van der Waals surface area (Å²) in [7, 11) is 0. The van der Waals surface area contributed by atoms with Crippen molar-refractivity contribution in [2.24, 2.45) is 5.92 Å². The van der Waals surface area contributed by atoms with Gasteiger partial charge in [0.2, 0.25) is 5.91 Å². The smallest absolute Gasteiger partial charge is 0.310 e. The molecule has 3 fully saturated rings. The lowest BCUT2D eigenvalue weighted by atomic mass is 9.93. The summed E-state index contributed by atoms with van der Waals surface area (Å²) < 4.78 is 32.5. The number of ether oxygens (including phenoxy) is 1. The molecule has 3 aliphatic heterocycles. The number of hydrogen-bond donors (Lipinski definition) is 0. The van der Waals surface area contributed by atoms with Crippen molar-refractivity contribution in [3.8, 4) is 0 Å². The first-order valence-corrected chi connectivity index (χ1v) is 12.8. The lowest BCUT2D eigenvalue weighted by Crippen LogP contribution is -2.51. The van der Waals surface area contributed by atoms with Gasteiger partial charge in [0, 0.05) is 49.8 Å². The zero-order valence-corrected chi connectivity index (χ0v) is 20.2.